The van der Waals surface area contributed by atoms with Gasteiger partial charge in [-0.05, 0) is 39.1 Å². The molecule has 4 N–H and O–H groups in total. The Hall–Kier alpha value is -1.79. The van der Waals surface area contributed by atoms with Crippen LogP contribution in [0, 0.1) is 0 Å². The Labute approximate surface area is 119 Å². The summed E-state index contributed by atoms with van der Waals surface area (Å²) in [5, 5.41) is 12.5. The highest BCUT2D eigenvalue weighted by Gasteiger charge is 2.18. The molecule has 6 heteroatoms. The summed E-state index contributed by atoms with van der Waals surface area (Å²) in [6, 6.07) is 5.05. The number of hydrogen-bond acceptors (Lipinski definition) is 5. The second-order valence-electron chi connectivity index (χ2n) is 5.49. The van der Waals surface area contributed by atoms with Gasteiger partial charge in [-0.15, -0.1) is 0 Å². The molecule has 0 aromatic heterocycles. The van der Waals surface area contributed by atoms with Crippen molar-refractivity contribution in [1.29, 1.82) is 0 Å². The van der Waals surface area contributed by atoms with Crippen LogP contribution >= 0.6 is 0 Å². The Balaban J connectivity index is 2.65. The molecule has 0 unspecified atom stereocenters. The van der Waals surface area contributed by atoms with Gasteiger partial charge in [-0.3, -0.25) is 9.69 Å². The van der Waals surface area contributed by atoms with Crippen LogP contribution in [0.1, 0.15) is 13.8 Å². The molecule has 112 valence electrons. The zero-order valence-electron chi connectivity index (χ0n) is 12.4. The van der Waals surface area contributed by atoms with E-state index in [1.165, 1.54) is 7.11 Å². The maximum Gasteiger partial charge on any atom is 0.238 e. The first-order valence-electron chi connectivity index (χ1n) is 6.35. The van der Waals surface area contributed by atoms with Gasteiger partial charge in [0.2, 0.25) is 5.91 Å². The van der Waals surface area contributed by atoms with Crippen LogP contribution in [0.5, 0.6) is 5.75 Å². The Morgan fingerprint density at radius 1 is 1.50 bits per heavy atom. The van der Waals surface area contributed by atoms with Gasteiger partial charge in [0, 0.05) is 12.2 Å². The molecule has 20 heavy (non-hydrogen) atoms. The van der Waals surface area contributed by atoms with Crippen molar-refractivity contribution in [2.24, 2.45) is 0 Å². The summed E-state index contributed by atoms with van der Waals surface area (Å²) < 4.78 is 5.16. The van der Waals surface area contributed by atoms with Crippen LogP contribution in [-0.4, -0.2) is 48.8 Å². The molecule has 0 saturated carbocycles. The molecular weight excluding hydrogens is 258 g/mol. The van der Waals surface area contributed by atoms with E-state index in [-0.39, 0.29) is 12.5 Å². The second kappa shape index (κ2) is 6.58. The molecule has 1 aromatic rings. The number of hydrogen-bond donors (Lipinski definition) is 3. The van der Waals surface area contributed by atoms with E-state index in [2.05, 4.69) is 5.32 Å². The number of rotatable bonds is 6. The molecule has 1 amide bonds. The van der Waals surface area contributed by atoms with Crippen LogP contribution in [0.3, 0.4) is 0 Å². The molecule has 0 aliphatic carbocycles. The van der Waals surface area contributed by atoms with E-state index in [0.29, 0.717) is 23.7 Å². The number of methoxy groups -OCH3 is 1. The minimum atomic E-state index is -0.843. The maximum absolute atomic E-state index is 12.0. The summed E-state index contributed by atoms with van der Waals surface area (Å²) in [4.78, 5) is 13.7. The zero-order chi connectivity index (χ0) is 15.3. The first-order chi connectivity index (χ1) is 9.21. The van der Waals surface area contributed by atoms with Crippen molar-refractivity contribution in [1.82, 2.24) is 4.90 Å². The van der Waals surface area contributed by atoms with Gasteiger partial charge >= 0.3 is 0 Å². The van der Waals surface area contributed by atoms with Gasteiger partial charge in [-0.2, -0.15) is 0 Å². The van der Waals surface area contributed by atoms with Gasteiger partial charge in [0.1, 0.15) is 5.75 Å². The number of carbonyl (C=O) groups is 1. The molecular formula is C14H23N3O3. The molecule has 0 atom stereocenters. The van der Waals surface area contributed by atoms with Crippen LogP contribution in [0.2, 0.25) is 0 Å². The smallest absolute Gasteiger partial charge is 0.238 e. The van der Waals surface area contributed by atoms with Crippen molar-refractivity contribution in [3.8, 4) is 5.75 Å². The molecule has 6 nitrogen and oxygen atoms in total. The normalized spacial score (nSPS) is 11.5. The number of ether oxygens (including phenoxy) is 1. The molecule has 0 aliphatic rings. The SMILES string of the molecule is COc1ccc(N)cc1NC(=O)CN(C)CC(C)(C)O. The Morgan fingerprint density at radius 2 is 2.15 bits per heavy atom. The molecule has 0 aliphatic heterocycles. The van der Waals surface area contributed by atoms with Crippen molar-refractivity contribution >= 4 is 17.3 Å². The number of nitrogens with one attached hydrogen (secondary N) is 1. The average molecular weight is 281 g/mol. The monoisotopic (exact) mass is 281 g/mol. The lowest BCUT2D eigenvalue weighted by atomic mass is 10.1. The predicted molar refractivity (Wildman–Crippen MR) is 79.8 cm³/mol. The van der Waals surface area contributed by atoms with Crippen molar-refractivity contribution in [3.05, 3.63) is 18.2 Å². The lowest BCUT2D eigenvalue weighted by molar-refractivity contribution is -0.117. The molecule has 0 saturated heterocycles. The summed E-state index contributed by atoms with van der Waals surface area (Å²) in [6.07, 6.45) is 0. The fourth-order valence-corrected chi connectivity index (χ4v) is 1.97. The minimum Gasteiger partial charge on any atom is -0.495 e. The minimum absolute atomic E-state index is 0.169. The number of anilines is 2. The summed E-state index contributed by atoms with van der Waals surface area (Å²) >= 11 is 0. The lowest BCUT2D eigenvalue weighted by Gasteiger charge is -2.25. The average Bonchev–Trinajstić information content (AvgIpc) is 2.26. The van der Waals surface area contributed by atoms with Crippen molar-refractivity contribution in [2.75, 3.05) is 38.3 Å². The number of nitrogens with two attached hydrogens (primary N) is 1. The number of nitrogen functional groups attached to an aromatic ring is 1. The Morgan fingerprint density at radius 3 is 2.70 bits per heavy atom. The molecule has 0 bridgehead atoms. The molecule has 0 spiro atoms. The van der Waals surface area contributed by atoms with Gasteiger partial charge in [0.15, 0.2) is 0 Å². The maximum atomic E-state index is 12.0. The van der Waals surface area contributed by atoms with Crippen LogP contribution in [0.25, 0.3) is 0 Å². The highest BCUT2D eigenvalue weighted by Crippen LogP contribution is 2.26. The standard InChI is InChI=1S/C14H23N3O3/c1-14(2,19)9-17(3)8-13(18)16-11-7-10(15)5-6-12(11)20-4/h5-7,19H,8-9,15H2,1-4H3,(H,16,18). The van der Waals surface area contributed by atoms with Gasteiger partial charge in [0.05, 0.1) is 24.9 Å². The number of amides is 1. The Kier molecular flexibility index (Phi) is 5.35. The fraction of sp³-hybridized carbons (Fsp3) is 0.500. The topological polar surface area (TPSA) is 87.8 Å². The highest BCUT2D eigenvalue weighted by atomic mass is 16.5. The van der Waals surface area contributed by atoms with E-state index in [1.54, 1.807) is 44.0 Å². The molecule has 0 radical (unpaired) electrons. The number of aliphatic hydroxyl groups is 1. The van der Waals surface area contributed by atoms with Gasteiger partial charge in [0.25, 0.3) is 0 Å². The largest absolute Gasteiger partial charge is 0.495 e. The van der Waals surface area contributed by atoms with Crippen LogP contribution < -0.4 is 15.8 Å². The third kappa shape index (κ3) is 5.46. The van der Waals surface area contributed by atoms with Crippen LogP contribution in [0.15, 0.2) is 18.2 Å². The van der Waals surface area contributed by atoms with E-state index in [9.17, 15) is 9.90 Å². The second-order valence-corrected chi connectivity index (χ2v) is 5.49. The first-order valence-corrected chi connectivity index (χ1v) is 6.35. The number of carbonyl (C=O) groups excluding carboxylic acids is 1. The van der Waals surface area contributed by atoms with Gasteiger partial charge in [-0.25, -0.2) is 0 Å². The molecule has 1 aromatic carbocycles. The number of likely N-dealkylation sites (N-methyl/N-ethyl adjacent to an activating group) is 1. The van der Waals surface area contributed by atoms with E-state index < -0.39 is 5.60 Å². The summed E-state index contributed by atoms with van der Waals surface area (Å²) in [5.41, 5.74) is 5.93. The fourth-order valence-electron chi connectivity index (χ4n) is 1.97. The van der Waals surface area contributed by atoms with Crippen LogP contribution in [0.4, 0.5) is 11.4 Å². The van der Waals surface area contributed by atoms with E-state index >= 15 is 0 Å². The van der Waals surface area contributed by atoms with E-state index in [1.807, 2.05) is 0 Å². The van der Waals surface area contributed by atoms with Crippen molar-refractivity contribution in [2.45, 2.75) is 19.4 Å². The van der Waals surface area contributed by atoms with Crippen LogP contribution in [-0.2, 0) is 4.79 Å². The van der Waals surface area contributed by atoms with Gasteiger partial charge < -0.3 is 20.9 Å². The molecule has 0 heterocycles. The van der Waals surface area contributed by atoms with Crippen molar-refractivity contribution in [3.63, 3.8) is 0 Å². The predicted octanol–water partition coefficient (Wildman–Crippen LogP) is 0.919. The first kappa shape index (κ1) is 16.3. The van der Waals surface area contributed by atoms with Crippen molar-refractivity contribution < 1.29 is 14.6 Å². The third-order valence-electron chi connectivity index (χ3n) is 2.57. The molecule has 1 rings (SSSR count). The Bertz CT molecular complexity index is 469. The quantitative estimate of drug-likeness (QED) is 0.675. The number of nitrogens with zero attached hydrogens (tertiary/aromatic N) is 1. The summed E-state index contributed by atoms with van der Waals surface area (Å²) in [5.74, 6) is 0.360. The number of benzene rings is 1. The van der Waals surface area contributed by atoms with Gasteiger partial charge in [-0.1, -0.05) is 0 Å². The summed E-state index contributed by atoms with van der Waals surface area (Å²) in [6.45, 7) is 3.96. The van der Waals surface area contributed by atoms with E-state index in [0.717, 1.165) is 0 Å². The highest BCUT2D eigenvalue weighted by molar-refractivity contribution is 5.94. The lowest BCUT2D eigenvalue weighted by Crippen LogP contribution is -2.40. The van der Waals surface area contributed by atoms with E-state index in [4.69, 9.17) is 10.5 Å². The zero-order valence-corrected chi connectivity index (χ0v) is 12.4. The molecule has 0 fully saturated rings. The third-order valence-corrected chi connectivity index (χ3v) is 2.57. The summed E-state index contributed by atoms with van der Waals surface area (Å²) in [7, 11) is 3.30.